The molecule has 0 spiro atoms. The SMILES string of the molecule is O=C(O)Nc1sccc1CC(F)(F)c1ccccc1. The first kappa shape index (κ1) is 13.5. The Morgan fingerprint density at radius 1 is 1.26 bits per heavy atom. The molecule has 1 amide bonds. The number of carboxylic acid groups (broad SMARTS) is 1. The number of amides is 1. The number of carbonyl (C=O) groups is 1. The van der Waals surface area contributed by atoms with Crippen LogP contribution in [0.2, 0.25) is 0 Å². The molecule has 0 aliphatic rings. The van der Waals surface area contributed by atoms with Gasteiger partial charge in [-0.25, -0.2) is 13.6 Å². The van der Waals surface area contributed by atoms with E-state index in [-0.39, 0.29) is 10.6 Å². The zero-order valence-electron chi connectivity index (χ0n) is 9.77. The van der Waals surface area contributed by atoms with Crippen LogP contribution in [0.15, 0.2) is 41.8 Å². The van der Waals surface area contributed by atoms with Gasteiger partial charge in [-0.15, -0.1) is 11.3 Å². The van der Waals surface area contributed by atoms with Gasteiger partial charge in [-0.1, -0.05) is 30.3 Å². The smallest absolute Gasteiger partial charge is 0.409 e. The van der Waals surface area contributed by atoms with E-state index in [2.05, 4.69) is 5.32 Å². The zero-order chi connectivity index (χ0) is 13.9. The van der Waals surface area contributed by atoms with Gasteiger partial charge in [-0.2, -0.15) is 0 Å². The van der Waals surface area contributed by atoms with E-state index in [4.69, 9.17) is 5.11 Å². The number of anilines is 1. The van der Waals surface area contributed by atoms with E-state index >= 15 is 0 Å². The maximum absolute atomic E-state index is 14.1. The number of hydrogen-bond donors (Lipinski definition) is 2. The van der Waals surface area contributed by atoms with Gasteiger partial charge in [0.1, 0.15) is 5.00 Å². The highest BCUT2D eigenvalue weighted by atomic mass is 32.1. The summed E-state index contributed by atoms with van der Waals surface area (Å²) in [5, 5.41) is 12.6. The Hall–Kier alpha value is -1.95. The van der Waals surface area contributed by atoms with Crippen LogP contribution in [0.5, 0.6) is 0 Å². The Balaban J connectivity index is 2.21. The van der Waals surface area contributed by atoms with Gasteiger partial charge < -0.3 is 5.11 Å². The summed E-state index contributed by atoms with van der Waals surface area (Å²) in [6.07, 6.45) is -1.79. The van der Waals surface area contributed by atoms with E-state index in [1.165, 1.54) is 18.2 Å². The van der Waals surface area contributed by atoms with Crippen molar-refractivity contribution in [3.05, 3.63) is 52.9 Å². The topological polar surface area (TPSA) is 49.3 Å². The fourth-order valence-electron chi connectivity index (χ4n) is 1.70. The maximum atomic E-state index is 14.1. The van der Waals surface area contributed by atoms with Crippen LogP contribution in [0.4, 0.5) is 18.6 Å². The summed E-state index contributed by atoms with van der Waals surface area (Å²) in [6.45, 7) is 0. The number of halogens is 2. The van der Waals surface area contributed by atoms with Gasteiger partial charge in [0.15, 0.2) is 0 Å². The molecule has 1 aromatic heterocycles. The van der Waals surface area contributed by atoms with Crippen LogP contribution in [0.3, 0.4) is 0 Å². The Morgan fingerprint density at radius 3 is 2.58 bits per heavy atom. The summed E-state index contributed by atoms with van der Waals surface area (Å²) in [7, 11) is 0. The van der Waals surface area contributed by atoms with Crippen molar-refractivity contribution >= 4 is 22.4 Å². The Bertz CT molecular complexity index is 569. The third-order valence-corrected chi connectivity index (χ3v) is 3.45. The molecule has 0 radical (unpaired) electrons. The average Bonchev–Trinajstić information content (AvgIpc) is 2.76. The summed E-state index contributed by atoms with van der Waals surface area (Å²) < 4.78 is 28.1. The molecule has 1 aromatic carbocycles. The Morgan fingerprint density at radius 2 is 1.95 bits per heavy atom. The minimum absolute atomic E-state index is 0.0810. The average molecular weight is 283 g/mol. The molecule has 2 aromatic rings. The van der Waals surface area contributed by atoms with Crippen LogP contribution in [-0.4, -0.2) is 11.2 Å². The molecule has 0 fully saturated rings. The molecule has 2 N–H and O–H groups in total. The zero-order valence-corrected chi connectivity index (χ0v) is 10.6. The largest absolute Gasteiger partial charge is 0.465 e. The molecule has 0 atom stereocenters. The second kappa shape index (κ2) is 5.36. The van der Waals surface area contributed by atoms with Gasteiger partial charge >= 0.3 is 6.09 Å². The third kappa shape index (κ3) is 3.29. The number of rotatable bonds is 4. The first-order valence-corrected chi connectivity index (χ1v) is 6.36. The molecule has 0 aliphatic carbocycles. The molecule has 1 heterocycles. The van der Waals surface area contributed by atoms with Crippen molar-refractivity contribution in [3.8, 4) is 0 Å². The fourth-order valence-corrected chi connectivity index (χ4v) is 2.51. The van der Waals surface area contributed by atoms with Gasteiger partial charge in [0.2, 0.25) is 0 Å². The predicted molar refractivity (Wildman–Crippen MR) is 70.0 cm³/mol. The number of hydrogen-bond acceptors (Lipinski definition) is 2. The monoisotopic (exact) mass is 283 g/mol. The second-order valence-electron chi connectivity index (χ2n) is 3.95. The van der Waals surface area contributed by atoms with Gasteiger partial charge in [-0.3, -0.25) is 5.32 Å². The molecule has 19 heavy (non-hydrogen) atoms. The molecule has 6 heteroatoms. The predicted octanol–water partition coefficient (Wildman–Crippen LogP) is 4.17. The van der Waals surface area contributed by atoms with Crippen molar-refractivity contribution < 1.29 is 18.7 Å². The summed E-state index contributed by atoms with van der Waals surface area (Å²) >= 11 is 1.09. The van der Waals surface area contributed by atoms with E-state index in [1.54, 1.807) is 23.6 Å². The minimum Gasteiger partial charge on any atom is -0.465 e. The lowest BCUT2D eigenvalue weighted by molar-refractivity contribution is -0.00361. The lowest BCUT2D eigenvalue weighted by Gasteiger charge is -2.16. The van der Waals surface area contributed by atoms with E-state index in [9.17, 15) is 13.6 Å². The van der Waals surface area contributed by atoms with E-state index in [1.807, 2.05) is 0 Å². The third-order valence-electron chi connectivity index (χ3n) is 2.58. The quantitative estimate of drug-likeness (QED) is 0.884. The van der Waals surface area contributed by atoms with Gasteiger partial charge in [0.25, 0.3) is 5.92 Å². The highest BCUT2D eigenvalue weighted by molar-refractivity contribution is 7.14. The Labute approximate surface area is 112 Å². The van der Waals surface area contributed by atoms with Crippen LogP contribution < -0.4 is 5.32 Å². The van der Waals surface area contributed by atoms with Gasteiger partial charge in [-0.05, 0) is 17.0 Å². The standard InChI is InChI=1S/C13H11F2NO2S/c14-13(15,10-4-2-1-3-5-10)8-9-6-7-19-11(9)16-12(17)18/h1-7,16H,8H2,(H,17,18). The summed E-state index contributed by atoms with van der Waals surface area (Å²) in [6, 6.07) is 8.99. The van der Waals surface area contributed by atoms with E-state index in [0.29, 0.717) is 5.56 Å². The fraction of sp³-hybridized carbons (Fsp3) is 0.154. The number of thiophene rings is 1. The normalized spacial score (nSPS) is 11.3. The van der Waals surface area contributed by atoms with Crippen LogP contribution >= 0.6 is 11.3 Å². The van der Waals surface area contributed by atoms with Crippen molar-refractivity contribution in [1.29, 1.82) is 0 Å². The number of nitrogens with one attached hydrogen (secondary N) is 1. The molecular formula is C13H11F2NO2S. The number of alkyl halides is 2. The molecule has 2 rings (SSSR count). The van der Waals surface area contributed by atoms with Crippen molar-refractivity contribution in [2.24, 2.45) is 0 Å². The van der Waals surface area contributed by atoms with E-state index < -0.39 is 18.4 Å². The molecule has 0 bridgehead atoms. The highest BCUT2D eigenvalue weighted by Gasteiger charge is 2.32. The van der Waals surface area contributed by atoms with Crippen molar-refractivity contribution in [2.45, 2.75) is 12.3 Å². The first-order valence-electron chi connectivity index (χ1n) is 5.49. The first-order chi connectivity index (χ1) is 8.99. The summed E-state index contributed by atoms with van der Waals surface area (Å²) in [4.78, 5) is 10.6. The van der Waals surface area contributed by atoms with Gasteiger partial charge in [0, 0.05) is 12.0 Å². The van der Waals surface area contributed by atoms with Crippen LogP contribution in [0.1, 0.15) is 11.1 Å². The van der Waals surface area contributed by atoms with Crippen LogP contribution in [0, 0.1) is 0 Å². The lowest BCUT2D eigenvalue weighted by Crippen LogP contribution is -2.18. The minimum atomic E-state index is -3.03. The molecule has 0 saturated heterocycles. The maximum Gasteiger partial charge on any atom is 0.409 e. The molecule has 100 valence electrons. The van der Waals surface area contributed by atoms with Crippen LogP contribution in [0.25, 0.3) is 0 Å². The molecule has 0 aliphatic heterocycles. The molecule has 0 saturated carbocycles. The van der Waals surface area contributed by atoms with E-state index in [0.717, 1.165) is 11.3 Å². The summed E-state index contributed by atoms with van der Waals surface area (Å²) in [5.74, 6) is -3.03. The second-order valence-corrected chi connectivity index (χ2v) is 4.87. The van der Waals surface area contributed by atoms with Crippen molar-refractivity contribution in [3.63, 3.8) is 0 Å². The molecule has 0 unspecified atom stereocenters. The molecular weight excluding hydrogens is 272 g/mol. The van der Waals surface area contributed by atoms with Gasteiger partial charge in [0.05, 0.1) is 0 Å². The van der Waals surface area contributed by atoms with Crippen molar-refractivity contribution in [1.82, 2.24) is 0 Å². The lowest BCUT2D eigenvalue weighted by atomic mass is 10.0. The van der Waals surface area contributed by atoms with Crippen molar-refractivity contribution in [2.75, 3.05) is 5.32 Å². The molecule has 3 nitrogen and oxygen atoms in total. The Kier molecular flexibility index (Phi) is 3.80. The summed E-state index contributed by atoms with van der Waals surface area (Å²) in [5.41, 5.74) is 0.212. The number of benzene rings is 1. The highest BCUT2D eigenvalue weighted by Crippen LogP contribution is 2.35. The van der Waals surface area contributed by atoms with Crippen LogP contribution in [-0.2, 0) is 12.3 Å².